The molecule has 0 spiro atoms. The molecular weight excluding hydrogens is 325 g/mol. The van der Waals surface area contributed by atoms with Crippen molar-refractivity contribution < 1.29 is 9.53 Å². The smallest absolute Gasteiger partial charge is 0.326 e. The van der Waals surface area contributed by atoms with Crippen molar-refractivity contribution in [2.45, 2.75) is 0 Å². The Balaban J connectivity index is 1.83. The van der Waals surface area contributed by atoms with E-state index >= 15 is 0 Å². The largest absolute Gasteiger partial charge is 0.489 e. The Labute approximate surface area is 130 Å². The molecule has 0 aliphatic heterocycles. The fourth-order valence-electron chi connectivity index (χ4n) is 1.45. The summed E-state index contributed by atoms with van der Waals surface area (Å²) in [7, 11) is 0. The van der Waals surface area contributed by atoms with Gasteiger partial charge in [0.05, 0.1) is 16.6 Å². The number of hydrogen-bond donors (Lipinski definition) is 1. The second-order valence-electron chi connectivity index (χ2n) is 3.75. The van der Waals surface area contributed by atoms with Gasteiger partial charge in [0, 0.05) is 17.4 Å². The van der Waals surface area contributed by atoms with Crippen LogP contribution in [0.1, 0.15) is 0 Å². The lowest BCUT2D eigenvalue weighted by Crippen LogP contribution is -2.31. The van der Waals surface area contributed by atoms with Crippen LogP contribution in [0.15, 0.2) is 30.9 Å². The zero-order chi connectivity index (χ0) is 14.5. The van der Waals surface area contributed by atoms with Gasteiger partial charge in [0.25, 0.3) is 0 Å². The summed E-state index contributed by atoms with van der Waals surface area (Å²) in [4.78, 5) is 15.4. The lowest BCUT2D eigenvalue weighted by Gasteiger charge is -2.11. The first-order chi connectivity index (χ1) is 9.58. The maximum Gasteiger partial charge on any atom is 0.326 e. The predicted molar refractivity (Wildman–Crippen MR) is 78.0 cm³/mol. The second kappa shape index (κ2) is 6.83. The Kier molecular flexibility index (Phi) is 5.11. The highest BCUT2D eigenvalue weighted by Crippen LogP contribution is 2.35. The molecule has 1 N–H and O–H groups in total. The van der Waals surface area contributed by atoms with Crippen molar-refractivity contribution in [2.75, 3.05) is 13.2 Å². The van der Waals surface area contributed by atoms with Gasteiger partial charge in [0.2, 0.25) is 0 Å². The van der Waals surface area contributed by atoms with Crippen LogP contribution in [0.5, 0.6) is 5.75 Å². The molecule has 5 nitrogen and oxygen atoms in total. The van der Waals surface area contributed by atoms with Crippen LogP contribution >= 0.6 is 34.8 Å². The average molecular weight is 335 g/mol. The molecule has 8 heteroatoms. The highest BCUT2D eigenvalue weighted by atomic mass is 35.5. The Morgan fingerprint density at radius 2 is 2.00 bits per heavy atom. The summed E-state index contributed by atoms with van der Waals surface area (Å²) in [5, 5.41) is 3.73. The van der Waals surface area contributed by atoms with Crippen LogP contribution in [0.25, 0.3) is 0 Å². The number of hydrogen-bond acceptors (Lipinski definition) is 3. The fourth-order valence-corrected chi connectivity index (χ4v) is 2.37. The minimum Gasteiger partial charge on any atom is -0.489 e. The number of carbonyl (C=O) groups is 1. The number of carbonyl (C=O) groups excluding carboxylic acids is 1. The summed E-state index contributed by atoms with van der Waals surface area (Å²) in [6.45, 7) is 0.522. The van der Waals surface area contributed by atoms with Gasteiger partial charge in [0.15, 0.2) is 5.75 Å². The molecule has 1 heterocycles. The highest BCUT2D eigenvalue weighted by Gasteiger charge is 2.09. The SMILES string of the molecule is O=C(NCCOc1c(Cl)cc(Cl)cc1Cl)n1ccnc1. The van der Waals surface area contributed by atoms with Gasteiger partial charge in [-0.3, -0.25) is 4.57 Å². The molecule has 0 saturated heterocycles. The van der Waals surface area contributed by atoms with Crippen molar-refractivity contribution in [3.8, 4) is 5.75 Å². The highest BCUT2D eigenvalue weighted by molar-refractivity contribution is 6.40. The molecule has 1 aromatic heterocycles. The number of imidazole rings is 1. The predicted octanol–water partition coefficient (Wildman–Crippen LogP) is 3.48. The lowest BCUT2D eigenvalue weighted by atomic mass is 10.3. The number of benzene rings is 1. The van der Waals surface area contributed by atoms with Crippen LogP contribution in [0, 0.1) is 0 Å². The molecule has 2 aromatic rings. The monoisotopic (exact) mass is 333 g/mol. The van der Waals surface area contributed by atoms with Gasteiger partial charge in [-0.25, -0.2) is 9.78 Å². The molecule has 0 radical (unpaired) electrons. The quantitative estimate of drug-likeness (QED) is 0.871. The van der Waals surface area contributed by atoms with E-state index < -0.39 is 0 Å². The molecule has 106 valence electrons. The summed E-state index contributed by atoms with van der Waals surface area (Å²) < 4.78 is 6.75. The zero-order valence-electron chi connectivity index (χ0n) is 10.1. The van der Waals surface area contributed by atoms with Crippen molar-refractivity contribution in [3.63, 3.8) is 0 Å². The van der Waals surface area contributed by atoms with Crippen molar-refractivity contribution >= 4 is 40.8 Å². The maximum absolute atomic E-state index is 11.6. The topological polar surface area (TPSA) is 56.1 Å². The molecule has 0 unspecified atom stereocenters. The van der Waals surface area contributed by atoms with E-state index in [0.717, 1.165) is 0 Å². The van der Waals surface area contributed by atoms with Gasteiger partial charge >= 0.3 is 6.03 Å². The van der Waals surface area contributed by atoms with Crippen LogP contribution in [-0.2, 0) is 0 Å². The van der Waals surface area contributed by atoms with E-state index in [1.165, 1.54) is 29.2 Å². The first-order valence-electron chi connectivity index (χ1n) is 5.61. The van der Waals surface area contributed by atoms with Crippen LogP contribution in [0.2, 0.25) is 15.1 Å². The van der Waals surface area contributed by atoms with Crippen LogP contribution < -0.4 is 10.1 Å². The van der Waals surface area contributed by atoms with E-state index in [4.69, 9.17) is 39.5 Å². The molecule has 0 atom stereocenters. The molecule has 2 rings (SSSR count). The molecule has 20 heavy (non-hydrogen) atoms. The van der Waals surface area contributed by atoms with Crippen molar-refractivity contribution in [3.05, 3.63) is 45.9 Å². The number of aromatic nitrogens is 2. The maximum atomic E-state index is 11.6. The van der Waals surface area contributed by atoms with Crippen LogP contribution in [-0.4, -0.2) is 28.7 Å². The molecule has 0 bridgehead atoms. The third-order valence-corrected chi connectivity index (χ3v) is 3.11. The standard InChI is InChI=1S/C12H10Cl3N3O2/c13-8-5-9(14)11(10(15)6-8)20-4-2-17-12(19)18-3-1-16-7-18/h1,3,5-7H,2,4H2,(H,17,19). The van der Waals surface area contributed by atoms with E-state index in [-0.39, 0.29) is 12.6 Å². The van der Waals surface area contributed by atoms with E-state index in [0.29, 0.717) is 27.4 Å². The minimum atomic E-state index is -0.292. The fraction of sp³-hybridized carbons (Fsp3) is 0.167. The first-order valence-corrected chi connectivity index (χ1v) is 6.75. The van der Waals surface area contributed by atoms with Crippen molar-refractivity contribution in [1.29, 1.82) is 0 Å². The van der Waals surface area contributed by atoms with Crippen molar-refractivity contribution in [1.82, 2.24) is 14.9 Å². The number of rotatable bonds is 4. The minimum absolute atomic E-state index is 0.224. The third kappa shape index (κ3) is 3.79. The van der Waals surface area contributed by atoms with Gasteiger partial charge in [-0.05, 0) is 12.1 Å². The van der Waals surface area contributed by atoms with Crippen molar-refractivity contribution in [2.24, 2.45) is 0 Å². The molecular formula is C12H10Cl3N3O2. The summed E-state index contributed by atoms with van der Waals surface area (Å²) in [6, 6.07) is 2.78. The summed E-state index contributed by atoms with van der Waals surface area (Å²) in [6.07, 6.45) is 4.47. The van der Waals surface area contributed by atoms with E-state index in [2.05, 4.69) is 10.3 Å². The molecule has 0 aliphatic rings. The number of halogens is 3. The normalized spacial score (nSPS) is 10.3. The molecule has 0 saturated carbocycles. The molecule has 1 amide bonds. The number of amides is 1. The summed E-state index contributed by atoms with van der Waals surface area (Å²) in [5.41, 5.74) is 0. The van der Waals surface area contributed by atoms with Gasteiger partial charge in [-0.15, -0.1) is 0 Å². The Bertz CT molecular complexity index is 579. The number of ether oxygens (including phenoxy) is 1. The number of nitrogens with one attached hydrogen (secondary N) is 1. The van der Waals surface area contributed by atoms with Crippen LogP contribution in [0.3, 0.4) is 0 Å². The summed E-state index contributed by atoms with van der Waals surface area (Å²) in [5.74, 6) is 0.342. The lowest BCUT2D eigenvalue weighted by molar-refractivity contribution is 0.238. The van der Waals surface area contributed by atoms with Gasteiger partial charge in [0.1, 0.15) is 12.9 Å². The first kappa shape index (κ1) is 15.0. The van der Waals surface area contributed by atoms with E-state index in [1.54, 1.807) is 6.20 Å². The Hall–Kier alpha value is -1.43. The molecule has 0 aliphatic carbocycles. The Morgan fingerprint density at radius 3 is 2.60 bits per heavy atom. The molecule has 1 aromatic carbocycles. The third-order valence-electron chi connectivity index (χ3n) is 2.33. The van der Waals surface area contributed by atoms with Gasteiger partial charge in [-0.2, -0.15) is 0 Å². The second-order valence-corrected chi connectivity index (χ2v) is 5.00. The van der Waals surface area contributed by atoms with Crippen LogP contribution in [0.4, 0.5) is 4.79 Å². The zero-order valence-corrected chi connectivity index (χ0v) is 12.4. The number of nitrogens with zero attached hydrogens (tertiary/aromatic N) is 2. The molecule has 0 fully saturated rings. The average Bonchev–Trinajstić information content (AvgIpc) is 2.90. The van der Waals surface area contributed by atoms with Gasteiger partial charge < -0.3 is 10.1 Å². The van der Waals surface area contributed by atoms with E-state index in [1.807, 2.05) is 0 Å². The summed E-state index contributed by atoms with van der Waals surface area (Å²) >= 11 is 17.7. The van der Waals surface area contributed by atoms with E-state index in [9.17, 15) is 4.79 Å². The van der Waals surface area contributed by atoms with Gasteiger partial charge in [-0.1, -0.05) is 34.8 Å². The Morgan fingerprint density at radius 1 is 1.30 bits per heavy atom.